The van der Waals surface area contributed by atoms with Crippen molar-refractivity contribution >= 4 is 31.9 Å². The number of hydrogen-bond donors (Lipinski definition) is 0. The van der Waals surface area contributed by atoms with Crippen molar-refractivity contribution in [3.8, 4) is 5.69 Å². The zero-order valence-electron chi connectivity index (χ0n) is 8.82. The number of benzene rings is 1. The van der Waals surface area contributed by atoms with Crippen LogP contribution in [0.3, 0.4) is 0 Å². The molecule has 0 bridgehead atoms. The van der Waals surface area contributed by atoms with E-state index < -0.39 is 0 Å². The van der Waals surface area contributed by atoms with Crippen molar-refractivity contribution in [1.82, 2.24) is 15.0 Å². The lowest BCUT2D eigenvalue weighted by Gasteiger charge is -2.03. The molecule has 0 radical (unpaired) electrons. The number of aryl methyl sites for hydroxylation is 2. The minimum atomic E-state index is 0.892. The van der Waals surface area contributed by atoms with Gasteiger partial charge in [-0.25, -0.2) is 4.68 Å². The van der Waals surface area contributed by atoms with E-state index in [1.165, 1.54) is 5.56 Å². The fraction of sp³-hybridized carbons (Fsp3) is 0.273. The maximum Gasteiger partial charge on any atom is 0.0840 e. The van der Waals surface area contributed by atoms with E-state index in [2.05, 4.69) is 61.2 Å². The first kappa shape index (κ1) is 11.8. The molecule has 1 heterocycles. The van der Waals surface area contributed by atoms with Crippen molar-refractivity contribution in [2.75, 3.05) is 5.33 Å². The van der Waals surface area contributed by atoms with Gasteiger partial charge in [0, 0.05) is 16.2 Å². The summed E-state index contributed by atoms with van der Waals surface area (Å²) in [6.45, 7) is 2.06. The van der Waals surface area contributed by atoms with Crippen LogP contribution in [-0.2, 0) is 6.42 Å². The van der Waals surface area contributed by atoms with E-state index in [0.29, 0.717) is 0 Å². The zero-order chi connectivity index (χ0) is 11.5. The molecule has 0 amide bonds. The fourth-order valence-corrected chi connectivity index (χ4v) is 2.51. The lowest BCUT2D eigenvalue weighted by atomic mass is 10.2. The van der Waals surface area contributed by atoms with Gasteiger partial charge in [-0.2, -0.15) is 0 Å². The highest BCUT2D eigenvalue weighted by Crippen LogP contribution is 2.21. The summed E-state index contributed by atoms with van der Waals surface area (Å²) in [5, 5.41) is 9.12. The number of halogens is 2. The summed E-state index contributed by atoms with van der Waals surface area (Å²) in [4.78, 5) is 0. The second kappa shape index (κ2) is 5.10. The van der Waals surface area contributed by atoms with E-state index in [1.807, 2.05) is 12.3 Å². The van der Waals surface area contributed by atoms with Gasteiger partial charge >= 0.3 is 0 Å². The van der Waals surface area contributed by atoms with Gasteiger partial charge in [0.1, 0.15) is 0 Å². The summed E-state index contributed by atoms with van der Waals surface area (Å²) in [5.74, 6) is 0. The van der Waals surface area contributed by atoms with E-state index >= 15 is 0 Å². The molecule has 1 aromatic carbocycles. The maximum atomic E-state index is 4.11. The minimum Gasteiger partial charge on any atom is -0.219 e. The van der Waals surface area contributed by atoms with Gasteiger partial charge in [-0.15, -0.1) is 5.10 Å². The Morgan fingerprint density at radius 2 is 2.19 bits per heavy atom. The number of aromatic nitrogens is 3. The number of rotatable bonds is 3. The average Bonchev–Trinajstić information content (AvgIpc) is 2.67. The molecule has 5 heteroatoms. The summed E-state index contributed by atoms with van der Waals surface area (Å²) in [5.41, 5.74) is 3.22. The smallest absolute Gasteiger partial charge is 0.0840 e. The van der Waals surface area contributed by atoms with Gasteiger partial charge in [0.2, 0.25) is 0 Å². The molecule has 2 aromatic rings. The first-order valence-electron chi connectivity index (χ1n) is 4.94. The number of nitrogens with zero attached hydrogens (tertiary/aromatic N) is 3. The van der Waals surface area contributed by atoms with Gasteiger partial charge in [0.05, 0.1) is 17.6 Å². The SMILES string of the molecule is Cc1ccc(-n2cc(CCBr)nn2)c(Br)c1. The second-order valence-electron chi connectivity index (χ2n) is 3.55. The third-order valence-corrected chi connectivity index (χ3v) is 3.27. The molecule has 0 saturated heterocycles. The highest BCUT2D eigenvalue weighted by atomic mass is 79.9. The Hall–Kier alpha value is -0.680. The van der Waals surface area contributed by atoms with Crippen LogP contribution < -0.4 is 0 Å². The Kier molecular flexibility index (Phi) is 3.76. The molecule has 2 rings (SSSR count). The van der Waals surface area contributed by atoms with Crippen molar-refractivity contribution in [3.63, 3.8) is 0 Å². The topological polar surface area (TPSA) is 30.7 Å². The monoisotopic (exact) mass is 343 g/mol. The quantitative estimate of drug-likeness (QED) is 0.800. The molecule has 0 aliphatic carbocycles. The van der Waals surface area contributed by atoms with Gasteiger partial charge in [0.25, 0.3) is 0 Å². The highest BCUT2D eigenvalue weighted by molar-refractivity contribution is 9.10. The Bertz CT molecular complexity index is 494. The molecule has 0 aliphatic heterocycles. The first-order valence-corrected chi connectivity index (χ1v) is 6.86. The van der Waals surface area contributed by atoms with Crippen LogP contribution in [0.1, 0.15) is 11.3 Å². The van der Waals surface area contributed by atoms with Crippen molar-refractivity contribution in [3.05, 3.63) is 40.1 Å². The Balaban J connectivity index is 2.35. The van der Waals surface area contributed by atoms with Gasteiger partial charge in [0.15, 0.2) is 0 Å². The molecule has 0 atom stereocenters. The Labute approximate surface area is 111 Å². The molecular weight excluding hydrogens is 334 g/mol. The normalized spacial score (nSPS) is 10.7. The summed E-state index contributed by atoms with van der Waals surface area (Å²) >= 11 is 6.92. The molecule has 0 saturated carbocycles. The van der Waals surface area contributed by atoms with E-state index in [9.17, 15) is 0 Å². The summed E-state index contributed by atoms with van der Waals surface area (Å²) in [7, 11) is 0. The Morgan fingerprint density at radius 1 is 1.38 bits per heavy atom. The maximum absolute atomic E-state index is 4.11. The summed E-state index contributed by atoms with van der Waals surface area (Å²) in [6, 6.07) is 6.17. The van der Waals surface area contributed by atoms with Gasteiger partial charge < -0.3 is 0 Å². The van der Waals surface area contributed by atoms with Crippen LogP contribution >= 0.6 is 31.9 Å². The molecule has 0 unspecified atom stereocenters. The van der Waals surface area contributed by atoms with Crippen LogP contribution in [0, 0.1) is 6.92 Å². The van der Waals surface area contributed by atoms with Gasteiger partial charge in [-0.1, -0.05) is 27.2 Å². The average molecular weight is 345 g/mol. The van der Waals surface area contributed by atoms with Crippen LogP contribution in [0.5, 0.6) is 0 Å². The summed E-state index contributed by atoms with van der Waals surface area (Å²) in [6.07, 6.45) is 2.85. The first-order chi connectivity index (χ1) is 7.70. The van der Waals surface area contributed by atoms with E-state index in [-0.39, 0.29) is 0 Å². The van der Waals surface area contributed by atoms with E-state index in [1.54, 1.807) is 4.68 Å². The van der Waals surface area contributed by atoms with Gasteiger partial charge in [-0.05, 0) is 40.5 Å². The highest BCUT2D eigenvalue weighted by Gasteiger charge is 2.05. The fourth-order valence-electron chi connectivity index (χ4n) is 1.43. The van der Waals surface area contributed by atoms with Crippen LogP contribution in [0.15, 0.2) is 28.9 Å². The third-order valence-electron chi connectivity index (χ3n) is 2.24. The third kappa shape index (κ3) is 2.52. The lowest BCUT2D eigenvalue weighted by molar-refractivity contribution is 0.795. The van der Waals surface area contributed by atoms with E-state index in [4.69, 9.17) is 0 Å². The van der Waals surface area contributed by atoms with Gasteiger partial charge in [-0.3, -0.25) is 0 Å². The number of hydrogen-bond acceptors (Lipinski definition) is 2. The molecule has 0 spiro atoms. The van der Waals surface area contributed by atoms with Crippen LogP contribution in [0.25, 0.3) is 5.69 Å². The van der Waals surface area contributed by atoms with Crippen molar-refractivity contribution in [1.29, 1.82) is 0 Å². The van der Waals surface area contributed by atoms with E-state index in [0.717, 1.165) is 27.6 Å². The molecule has 0 fully saturated rings. The largest absolute Gasteiger partial charge is 0.219 e. The molecule has 84 valence electrons. The molecular formula is C11H11Br2N3. The van der Waals surface area contributed by atoms with Crippen molar-refractivity contribution in [2.24, 2.45) is 0 Å². The zero-order valence-corrected chi connectivity index (χ0v) is 12.0. The van der Waals surface area contributed by atoms with Crippen LogP contribution in [0.2, 0.25) is 0 Å². The van der Waals surface area contributed by atoms with Crippen molar-refractivity contribution in [2.45, 2.75) is 13.3 Å². The predicted molar refractivity (Wildman–Crippen MR) is 71.3 cm³/mol. The number of alkyl halides is 1. The Morgan fingerprint density at radius 3 is 2.88 bits per heavy atom. The molecule has 0 aliphatic rings. The molecule has 16 heavy (non-hydrogen) atoms. The molecule has 0 N–H and O–H groups in total. The predicted octanol–water partition coefficient (Wildman–Crippen LogP) is 3.28. The second-order valence-corrected chi connectivity index (χ2v) is 5.20. The van der Waals surface area contributed by atoms with Crippen LogP contribution in [0.4, 0.5) is 0 Å². The lowest BCUT2D eigenvalue weighted by Crippen LogP contribution is -1.96. The minimum absolute atomic E-state index is 0.892. The molecule has 1 aromatic heterocycles. The standard InChI is InChI=1S/C11H11Br2N3/c1-8-2-3-11(10(13)6-8)16-7-9(4-5-12)14-15-16/h2-3,6-7H,4-5H2,1H3. The summed E-state index contributed by atoms with van der Waals surface area (Å²) < 4.78 is 2.82. The van der Waals surface area contributed by atoms with Crippen molar-refractivity contribution < 1.29 is 0 Å². The molecule has 3 nitrogen and oxygen atoms in total. The van der Waals surface area contributed by atoms with Crippen LogP contribution in [-0.4, -0.2) is 20.3 Å².